The minimum Gasteiger partial charge on any atom is -0.378 e. The average molecular weight is 249 g/mol. The fourth-order valence-electron chi connectivity index (χ4n) is 1.89. The summed E-state index contributed by atoms with van der Waals surface area (Å²) in [4.78, 5) is 6.69. The van der Waals surface area contributed by atoms with Gasteiger partial charge in [-0.2, -0.15) is 0 Å². The highest BCUT2D eigenvalue weighted by molar-refractivity contribution is 6.35. The van der Waals surface area contributed by atoms with Crippen LogP contribution < -0.4 is 4.90 Å². The minimum atomic E-state index is 0.794. The van der Waals surface area contributed by atoms with Gasteiger partial charge < -0.3 is 4.90 Å². The molecular weight excluding hydrogens is 232 g/mol. The topological polar surface area (TPSA) is 16.1 Å². The summed E-state index contributed by atoms with van der Waals surface area (Å²) in [6, 6.07) is 8.17. The summed E-state index contributed by atoms with van der Waals surface area (Å²) in [7, 11) is 4.04. The van der Waals surface area contributed by atoms with Crippen LogP contribution in [-0.4, -0.2) is 19.1 Å². The van der Waals surface area contributed by atoms with Crippen molar-refractivity contribution in [3.63, 3.8) is 0 Å². The molecule has 0 saturated heterocycles. The maximum Gasteiger partial charge on any atom is 0.0721 e. The molecule has 0 amide bonds. The quantitative estimate of drug-likeness (QED) is 0.819. The standard InChI is InChI=1S/C14H17ClN2/c1-4-5-10-8-13(15)12-9-11(17(2)3)6-7-14(12)16-10/h6-9H,4-5H2,1-3H3. The molecule has 1 heterocycles. The predicted octanol–water partition coefficient (Wildman–Crippen LogP) is 3.91. The van der Waals surface area contributed by atoms with Crippen LogP contribution in [0.2, 0.25) is 5.02 Å². The zero-order valence-corrected chi connectivity index (χ0v) is 11.3. The lowest BCUT2D eigenvalue weighted by molar-refractivity contribution is 0.890. The van der Waals surface area contributed by atoms with Crippen molar-refractivity contribution in [3.05, 3.63) is 35.0 Å². The first-order chi connectivity index (χ1) is 8.11. The number of halogens is 1. The molecule has 17 heavy (non-hydrogen) atoms. The molecule has 0 aliphatic rings. The second-order valence-corrected chi connectivity index (χ2v) is 4.85. The Morgan fingerprint density at radius 1 is 1.24 bits per heavy atom. The first kappa shape index (κ1) is 12.2. The van der Waals surface area contributed by atoms with Crippen molar-refractivity contribution in [2.75, 3.05) is 19.0 Å². The number of anilines is 1. The van der Waals surface area contributed by atoms with Gasteiger partial charge in [-0.25, -0.2) is 0 Å². The van der Waals surface area contributed by atoms with E-state index in [9.17, 15) is 0 Å². The van der Waals surface area contributed by atoms with Gasteiger partial charge >= 0.3 is 0 Å². The van der Waals surface area contributed by atoms with Crippen LogP contribution >= 0.6 is 11.6 Å². The van der Waals surface area contributed by atoms with E-state index < -0.39 is 0 Å². The van der Waals surface area contributed by atoms with Gasteiger partial charge in [0.2, 0.25) is 0 Å². The summed E-state index contributed by atoms with van der Waals surface area (Å²) in [5, 5.41) is 1.82. The van der Waals surface area contributed by atoms with Crippen LogP contribution in [-0.2, 0) is 6.42 Å². The first-order valence-electron chi connectivity index (χ1n) is 5.88. The average Bonchev–Trinajstić information content (AvgIpc) is 2.29. The molecular formula is C14H17ClN2. The third-order valence-electron chi connectivity index (χ3n) is 2.82. The van der Waals surface area contributed by atoms with Gasteiger partial charge in [-0.1, -0.05) is 24.9 Å². The molecule has 0 N–H and O–H groups in total. The summed E-state index contributed by atoms with van der Waals surface area (Å²) in [5.41, 5.74) is 3.19. The zero-order chi connectivity index (χ0) is 12.4. The van der Waals surface area contributed by atoms with E-state index in [0.29, 0.717) is 0 Å². The van der Waals surface area contributed by atoms with Gasteiger partial charge in [-0.05, 0) is 30.7 Å². The first-order valence-corrected chi connectivity index (χ1v) is 6.26. The molecule has 0 unspecified atom stereocenters. The van der Waals surface area contributed by atoms with E-state index in [4.69, 9.17) is 11.6 Å². The number of benzene rings is 1. The second-order valence-electron chi connectivity index (χ2n) is 4.44. The number of hydrogen-bond acceptors (Lipinski definition) is 2. The number of hydrogen-bond donors (Lipinski definition) is 0. The fraction of sp³-hybridized carbons (Fsp3) is 0.357. The number of pyridine rings is 1. The molecule has 2 rings (SSSR count). The Hall–Kier alpha value is -1.28. The summed E-state index contributed by atoms with van der Waals surface area (Å²) in [5.74, 6) is 0. The van der Waals surface area contributed by atoms with E-state index in [1.165, 1.54) is 0 Å². The molecule has 3 heteroatoms. The molecule has 0 bridgehead atoms. The van der Waals surface area contributed by atoms with Gasteiger partial charge in [-0.3, -0.25) is 4.98 Å². The number of aryl methyl sites for hydroxylation is 1. The van der Waals surface area contributed by atoms with Gasteiger partial charge in [0.25, 0.3) is 0 Å². The molecule has 1 aromatic carbocycles. The Kier molecular flexibility index (Phi) is 3.53. The van der Waals surface area contributed by atoms with Crippen LogP contribution in [0, 0.1) is 0 Å². The summed E-state index contributed by atoms with van der Waals surface area (Å²) in [6.07, 6.45) is 2.07. The van der Waals surface area contributed by atoms with Crippen molar-refractivity contribution in [2.24, 2.45) is 0 Å². The molecule has 2 aromatic rings. The third kappa shape index (κ3) is 2.52. The van der Waals surface area contributed by atoms with Crippen molar-refractivity contribution in [2.45, 2.75) is 19.8 Å². The van der Waals surface area contributed by atoms with Crippen LogP contribution in [0.15, 0.2) is 24.3 Å². The smallest absolute Gasteiger partial charge is 0.0721 e. The molecule has 0 radical (unpaired) electrons. The molecule has 0 aliphatic heterocycles. The number of rotatable bonds is 3. The normalized spacial score (nSPS) is 10.8. The predicted molar refractivity (Wildman–Crippen MR) is 75.1 cm³/mol. The Labute approximate surface area is 107 Å². The Morgan fingerprint density at radius 3 is 2.65 bits per heavy atom. The zero-order valence-electron chi connectivity index (χ0n) is 10.5. The number of fused-ring (bicyclic) bond motifs is 1. The summed E-state index contributed by atoms with van der Waals surface area (Å²) in [6.45, 7) is 2.15. The monoisotopic (exact) mass is 248 g/mol. The van der Waals surface area contributed by atoms with Gasteiger partial charge in [0, 0.05) is 30.9 Å². The van der Waals surface area contributed by atoms with E-state index in [1.54, 1.807) is 0 Å². The molecule has 0 atom stereocenters. The Bertz CT molecular complexity index is 535. The molecule has 0 spiro atoms. The third-order valence-corrected chi connectivity index (χ3v) is 3.13. The molecule has 90 valence electrons. The van der Waals surface area contributed by atoms with E-state index in [0.717, 1.165) is 40.1 Å². The van der Waals surface area contributed by atoms with Crippen LogP contribution in [0.1, 0.15) is 19.0 Å². The number of aromatic nitrogens is 1. The minimum absolute atomic E-state index is 0.794. The summed E-state index contributed by atoms with van der Waals surface area (Å²) < 4.78 is 0. The molecule has 2 nitrogen and oxygen atoms in total. The molecule has 0 saturated carbocycles. The van der Waals surface area contributed by atoms with Crippen molar-refractivity contribution in [1.82, 2.24) is 4.98 Å². The van der Waals surface area contributed by atoms with Gasteiger partial charge in [0.1, 0.15) is 0 Å². The van der Waals surface area contributed by atoms with Crippen LogP contribution in [0.5, 0.6) is 0 Å². The van der Waals surface area contributed by atoms with Gasteiger partial charge in [0.05, 0.1) is 10.5 Å². The molecule has 0 aliphatic carbocycles. The maximum absolute atomic E-state index is 6.32. The lowest BCUT2D eigenvalue weighted by Crippen LogP contribution is -2.08. The van der Waals surface area contributed by atoms with Crippen molar-refractivity contribution < 1.29 is 0 Å². The van der Waals surface area contributed by atoms with E-state index in [-0.39, 0.29) is 0 Å². The maximum atomic E-state index is 6.32. The highest BCUT2D eigenvalue weighted by atomic mass is 35.5. The Balaban J connectivity index is 2.56. The van der Waals surface area contributed by atoms with Crippen LogP contribution in [0.4, 0.5) is 5.69 Å². The van der Waals surface area contributed by atoms with Crippen molar-refractivity contribution >= 4 is 28.2 Å². The lowest BCUT2D eigenvalue weighted by atomic mass is 10.1. The second kappa shape index (κ2) is 4.92. The molecule has 1 aromatic heterocycles. The summed E-state index contributed by atoms with van der Waals surface area (Å²) >= 11 is 6.32. The van der Waals surface area contributed by atoms with E-state index in [2.05, 4.69) is 28.9 Å². The van der Waals surface area contributed by atoms with Crippen molar-refractivity contribution in [1.29, 1.82) is 0 Å². The Morgan fingerprint density at radius 2 is 2.00 bits per heavy atom. The SMILES string of the molecule is CCCc1cc(Cl)c2cc(N(C)C)ccc2n1. The highest BCUT2D eigenvalue weighted by Crippen LogP contribution is 2.27. The number of nitrogens with zero attached hydrogens (tertiary/aromatic N) is 2. The lowest BCUT2D eigenvalue weighted by Gasteiger charge is -2.13. The van der Waals surface area contributed by atoms with Crippen molar-refractivity contribution in [3.8, 4) is 0 Å². The molecule has 0 fully saturated rings. The largest absolute Gasteiger partial charge is 0.378 e. The fourth-order valence-corrected chi connectivity index (χ4v) is 2.16. The highest BCUT2D eigenvalue weighted by Gasteiger charge is 2.05. The van der Waals surface area contributed by atoms with E-state index in [1.807, 2.05) is 26.2 Å². The van der Waals surface area contributed by atoms with Crippen LogP contribution in [0.25, 0.3) is 10.9 Å². The van der Waals surface area contributed by atoms with Gasteiger partial charge in [0.15, 0.2) is 0 Å². The van der Waals surface area contributed by atoms with Crippen LogP contribution in [0.3, 0.4) is 0 Å². The van der Waals surface area contributed by atoms with E-state index >= 15 is 0 Å². The van der Waals surface area contributed by atoms with Gasteiger partial charge in [-0.15, -0.1) is 0 Å².